The van der Waals surface area contributed by atoms with Crippen molar-refractivity contribution >= 4 is 5.91 Å². The quantitative estimate of drug-likeness (QED) is 0.138. The van der Waals surface area contributed by atoms with E-state index in [9.17, 15) is 4.79 Å². The Morgan fingerprint density at radius 2 is 1.49 bits per heavy atom. The van der Waals surface area contributed by atoms with Crippen LogP contribution in [-0.4, -0.2) is 62.2 Å². The van der Waals surface area contributed by atoms with E-state index < -0.39 is 0 Å². The maximum atomic E-state index is 13.2. The second-order valence-corrected chi connectivity index (χ2v) is 11.4. The van der Waals surface area contributed by atoms with E-state index >= 15 is 0 Å². The molecule has 1 amide bonds. The second-order valence-electron chi connectivity index (χ2n) is 11.4. The van der Waals surface area contributed by atoms with Crippen LogP contribution in [0.3, 0.4) is 0 Å². The first-order valence-electron chi connectivity index (χ1n) is 14.5. The first-order chi connectivity index (χ1) is 16.7. The summed E-state index contributed by atoms with van der Waals surface area (Å²) >= 11 is 0. The van der Waals surface area contributed by atoms with E-state index in [4.69, 9.17) is 4.74 Å². The minimum Gasteiger partial charge on any atom is -0.493 e. The number of carbonyl (C=O) groups excluding carboxylic acids is 1. The molecule has 0 atom stereocenters. The van der Waals surface area contributed by atoms with Crippen LogP contribution in [0.1, 0.15) is 115 Å². The van der Waals surface area contributed by atoms with E-state index in [-0.39, 0.29) is 0 Å². The lowest BCUT2D eigenvalue weighted by molar-refractivity contribution is -0.883. The molecule has 0 aliphatic heterocycles. The van der Waals surface area contributed by atoms with Gasteiger partial charge in [0.25, 0.3) is 5.91 Å². The summed E-state index contributed by atoms with van der Waals surface area (Å²) in [6.45, 7) is 15.3. The van der Waals surface area contributed by atoms with E-state index in [1.807, 2.05) is 0 Å². The number of quaternary nitrogens is 1. The predicted molar refractivity (Wildman–Crippen MR) is 151 cm³/mol. The fraction of sp³-hybridized carbons (Fsp3) is 0.774. The van der Waals surface area contributed by atoms with Gasteiger partial charge in [-0.25, -0.2) is 0 Å². The smallest absolute Gasteiger partial charge is 0.277 e. The molecule has 0 N–H and O–H groups in total. The predicted octanol–water partition coefficient (Wildman–Crippen LogP) is 7.73. The first kappa shape index (κ1) is 31.5. The Kier molecular flexibility index (Phi) is 16.0. The molecule has 0 spiro atoms. The highest BCUT2D eigenvalue weighted by Crippen LogP contribution is 2.24. The Morgan fingerprint density at radius 1 is 0.886 bits per heavy atom. The molecule has 0 fully saturated rings. The molecule has 0 saturated heterocycles. The van der Waals surface area contributed by atoms with Crippen LogP contribution in [0.5, 0.6) is 5.75 Å². The zero-order valence-electron chi connectivity index (χ0n) is 24.3. The fourth-order valence-corrected chi connectivity index (χ4v) is 4.50. The minimum absolute atomic E-state index is 0.340. The van der Waals surface area contributed by atoms with Gasteiger partial charge in [0, 0.05) is 13.1 Å². The maximum Gasteiger partial charge on any atom is 0.277 e. The summed E-state index contributed by atoms with van der Waals surface area (Å²) in [4.78, 5) is 15.3. The van der Waals surface area contributed by atoms with Gasteiger partial charge in [-0.15, -0.1) is 0 Å². The number of ether oxygens (including phenoxy) is 1. The van der Waals surface area contributed by atoms with E-state index in [0.717, 1.165) is 68.6 Å². The molecule has 0 unspecified atom stereocenters. The van der Waals surface area contributed by atoms with Gasteiger partial charge in [0.05, 0.1) is 27.2 Å². The van der Waals surface area contributed by atoms with Crippen LogP contribution in [0.15, 0.2) is 18.2 Å². The zero-order chi connectivity index (χ0) is 26.1. The van der Waals surface area contributed by atoms with Crippen LogP contribution in [0.2, 0.25) is 0 Å². The molecule has 1 aromatic carbocycles. The molecule has 35 heavy (non-hydrogen) atoms. The summed E-state index contributed by atoms with van der Waals surface area (Å²) in [5, 5.41) is 0. The van der Waals surface area contributed by atoms with Gasteiger partial charge < -0.3 is 14.1 Å². The van der Waals surface area contributed by atoms with E-state index in [0.29, 0.717) is 18.4 Å². The molecule has 1 aromatic rings. The van der Waals surface area contributed by atoms with Crippen molar-refractivity contribution < 1.29 is 14.0 Å². The standard InChI is InChI=1S/C31H57N2O2/c1-8-10-12-15-21-32(22-16-13-11-9-2)31(34)26-33(6,7)23-17-14-18-24-35-30-25-29(27(3)4)20-19-28(30)5/h19-20,25,27H,8-18,21-24,26H2,1-7H3/q+1. The van der Waals surface area contributed by atoms with Crippen LogP contribution in [0.25, 0.3) is 0 Å². The molecule has 0 radical (unpaired) electrons. The van der Waals surface area contributed by atoms with Crippen LogP contribution >= 0.6 is 0 Å². The first-order valence-corrected chi connectivity index (χ1v) is 14.5. The highest BCUT2D eigenvalue weighted by atomic mass is 16.5. The van der Waals surface area contributed by atoms with Crippen molar-refractivity contribution in [3.05, 3.63) is 29.3 Å². The third-order valence-corrected chi connectivity index (χ3v) is 7.02. The summed E-state index contributed by atoms with van der Waals surface area (Å²) < 4.78 is 6.87. The maximum absolute atomic E-state index is 13.2. The third kappa shape index (κ3) is 13.9. The number of hydrogen-bond donors (Lipinski definition) is 0. The molecule has 1 rings (SSSR count). The summed E-state index contributed by atoms with van der Waals surface area (Å²) in [5.41, 5.74) is 2.54. The molecule has 0 aliphatic carbocycles. The summed E-state index contributed by atoms with van der Waals surface area (Å²) in [6, 6.07) is 6.56. The van der Waals surface area contributed by atoms with Gasteiger partial charge in [-0.05, 0) is 62.1 Å². The lowest BCUT2D eigenvalue weighted by Crippen LogP contribution is -2.49. The van der Waals surface area contributed by atoms with Crippen LogP contribution in [-0.2, 0) is 4.79 Å². The summed E-state index contributed by atoms with van der Waals surface area (Å²) in [6.07, 6.45) is 13.1. The lowest BCUT2D eigenvalue weighted by atomic mass is 10.0. The molecule has 4 nitrogen and oxygen atoms in total. The van der Waals surface area contributed by atoms with Gasteiger partial charge in [0.2, 0.25) is 0 Å². The molecule has 0 bridgehead atoms. The van der Waals surface area contributed by atoms with Crippen molar-refractivity contribution in [1.29, 1.82) is 0 Å². The summed E-state index contributed by atoms with van der Waals surface area (Å²) in [7, 11) is 4.42. The van der Waals surface area contributed by atoms with Crippen LogP contribution in [0.4, 0.5) is 0 Å². The molecule has 4 heteroatoms. The molecule has 0 heterocycles. The fourth-order valence-electron chi connectivity index (χ4n) is 4.50. The molecular weight excluding hydrogens is 432 g/mol. The third-order valence-electron chi connectivity index (χ3n) is 7.02. The van der Waals surface area contributed by atoms with Gasteiger partial charge in [0.1, 0.15) is 5.75 Å². The van der Waals surface area contributed by atoms with Crippen molar-refractivity contribution in [3.8, 4) is 5.75 Å². The average Bonchev–Trinajstić information content (AvgIpc) is 2.80. The van der Waals surface area contributed by atoms with Gasteiger partial charge in [-0.3, -0.25) is 4.79 Å². The Balaban J connectivity index is 2.40. The number of hydrogen-bond acceptors (Lipinski definition) is 2. The van der Waals surface area contributed by atoms with Gasteiger partial charge in [-0.1, -0.05) is 78.4 Å². The van der Waals surface area contributed by atoms with Crippen LogP contribution < -0.4 is 4.74 Å². The van der Waals surface area contributed by atoms with Gasteiger partial charge in [0.15, 0.2) is 6.54 Å². The number of amides is 1. The average molecular weight is 490 g/mol. The van der Waals surface area contributed by atoms with Gasteiger partial charge >= 0.3 is 0 Å². The zero-order valence-corrected chi connectivity index (χ0v) is 24.3. The number of benzene rings is 1. The Bertz CT molecular complexity index is 687. The second kappa shape index (κ2) is 17.8. The highest BCUT2D eigenvalue weighted by Gasteiger charge is 2.23. The van der Waals surface area contributed by atoms with E-state index in [2.05, 4.69) is 71.8 Å². The molecular formula is C31H57N2O2+. The number of nitrogens with zero attached hydrogens (tertiary/aromatic N) is 2. The minimum atomic E-state index is 0.340. The number of unbranched alkanes of at least 4 members (excludes halogenated alkanes) is 8. The Morgan fingerprint density at radius 3 is 2.06 bits per heavy atom. The highest BCUT2D eigenvalue weighted by molar-refractivity contribution is 5.77. The Labute approximate surface area is 218 Å². The monoisotopic (exact) mass is 489 g/mol. The van der Waals surface area contributed by atoms with Crippen molar-refractivity contribution in [3.63, 3.8) is 0 Å². The topological polar surface area (TPSA) is 29.5 Å². The number of rotatable bonds is 20. The Hall–Kier alpha value is -1.55. The normalized spacial score (nSPS) is 11.8. The molecule has 0 aromatic heterocycles. The van der Waals surface area contributed by atoms with Crippen molar-refractivity contribution in [2.45, 2.75) is 111 Å². The lowest BCUT2D eigenvalue weighted by Gasteiger charge is -2.32. The van der Waals surface area contributed by atoms with Crippen LogP contribution in [0, 0.1) is 6.92 Å². The van der Waals surface area contributed by atoms with Crippen molar-refractivity contribution in [1.82, 2.24) is 4.90 Å². The van der Waals surface area contributed by atoms with E-state index in [1.165, 1.54) is 49.7 Å². The molecule has 0 aliphatic rings. The largest absolute Gasteiger partial charge is 0.493 e. The van der Waals surface area contributed by atoms with Crippen molar-refractivity contribution in [2.75, 3.05) is 46.9 Å². The molecule has 0 saturated carbocycles. The SMILES string of the molecule is CCCCCCN(CCCCCC)C(=O)C[N+](C)(C)CCCCCOc1cc(C(C)C)ccc1C. The number of likely N-dealkylation sites (N-methyl/N-ethyl adjacent to an activating group) is 1. The van der Waals surface area contributed by atoms with E-state index in [1.54, 1.807) is 0 Å². The van der Waals surface area contributed by atoms with Gasteiger partial charge in [-0.2, -0.15) is 0 Å². The number of aryl methyl sites for hydroxylation is 1. The van der Waals surface area contributed by atoms with Crippen molar-refractivity contribution in [2.24, 2.45) is 0 Å². The molecule has 202 valence electrons. The number of carbonyl (C=O) groups is 1. The summed E-state index contributed by atoms with van der Waals surface area (Å²) in [5.74, 6) is 1.88.